The van der Waals surface area contributed by atoms with Crippen LogP contribution in [0, 0.1) is 6.92 Å². The van der Waals surface area contributed by atoms with E-state index in [9.17, 15) is 13.2 Å². The van der Waals surface area contributed by atoms with Crippen LogP contribution in [0.5, 0.6) is 0 Å². The number of nitrogens with zero attached hydrogens (tertiary/aromatic N) is 2. The number of sulfonamides is 1. The van der Waals surface area contributed by atoms with E-state index >= 15 is 0 Å². The van der Waals surface area contributed by atoms with Crippen LogP contribution in [-0.4, -0.2) is 24.5 Å². The lowest BCUT2D eigenvalue weighted by atomic mass is 10.1. The summed E-state index contributed by atoms with van der Waals surface area (Å²) in [5, 5.41) is 3.81. The highest BCUT2D eigenvalue weighted by atomic mass is 32.2. The van der Waals surface area contributed by atoms with E-state index in [1.54, 1.807) is 12.1 Å². The van der Waals surface area contributed by atoms with Crippen molar-refractivity contribution in [1.29, 1.82) is 0 Å². The third-order valence-corrected chi connectivity index (χ3v) is 5.89. The summed E-state index contributed by atoms with van der Waals surface area (Å²) in [7, 11) is -3.85. The van der Waals surface area contributed by atoms with Gasteiger partial charge in [-0.25, -0.2) is 17.9 Å². The first-order chi connectivity index (χ1) is 15.4. The predicted octanol–water partition coefficient (Wildman–Crippen LogP) is 3.47. The SMILES string of the molecule is Cc1ccc(-c2nc(COC(=O)c3cccc(S(=O)(=O)NCc4ccco4)c3)no2)cc1. The number of aryl methyl sites for hydroxylation is 1. The zero-order valence-electron chi connectivity index (χ0n) is 17.0. The van der Waals surface area contributed by atoms with Gasteiger partial charge in [-0.2, -0.15) is 4.98 Å². The molecule has 164 valence electrons. The van der Waals surface area contributed by atoms with Crippen molar-refractivity contribution in [2.45, 2.75) is 25.0 Å². The molecule has 0 aliphatic rings. The molecule has 32 heavy (non-hydrogen) atoms. The quantitative estimate of drug-likeness (QED) is 0.402. The molecule has 0 atom stereocenters. The second kappa shape index (κ2) is 9.16. The van der Waals surface area contributed by atoms with E-state index in [1.165, 1.54) is 30.5 Å². The Kier molecular flexibility index (Phi) is 6.15. The van der Waals surface area contributed by atoms with E-state index < -0.39 is 16.0 Å². The van der Waals surface area contributed by atoms with Gasteiger partial charge < -0.3 is 13.7 Å². The molecule has 0 aliphatic heterocycles. The summed E-state index contributed by atoms with van der Waals surface area (Å²) in [6, 6.07) is 16.4. The van der Waals surface area contributed by atoms with E-state index in [2.05, 4.69) is 14.9 Å². The van der Waals surface area contributed by atoms with E-state index in [0.717, 1.165) is 11.1 Å². The van der Waals surface area contributed by atoms with Gasteiger partial charge in [-0.3, -0.25) is 0 Å². The Bertz CT molecular complexity index is 1310. The Morgan fingerprint density at radius 3 is 2.66 bits per heavy atom. The first-order valence-electron chi connectivity index (χ1n) is 9.59. The van der Waals surface area contributed by atoms with Gasteiger partial charge in [-0.15, -0.1) is 0 Å². The average Bonchev–Trinajstić information content (AvgIpc) is 3.49. The predicted molar refractivity (Wildman–Crippen MR) is 113 cm³/mol. The summed E-state index contributed by atoms with van der Waals surface area (Å²) in [5.41, 5.74) is 1.93. The van der Waals surface area contributed by atoms with Crippen molar-refractivity contribution in [3.8, 4) is 11.5 Å². The lowest BCUT2D eigenvalue weighted by Crippen LogP contribution is -2.23. The molecule has 0 bridgehead atoms. The maximum absolute atomic E-state index is 12.5. The molecule has 9 nitrogen and oxygen atoms in total. The molecule has 0 radical (unpaired) electrons. The molecule has 0 aliphatic carbocycles. The maximum Gasteiger partial charge on any atom is 0.338 e. The van der Waals surface area contributed by atoms with Crippen molar-refractivity contribution in [3.05, 3.63) is 89.6 Å². The van der Waals surface area contributed by atoms with Gasteiger partial charge in [0.05, 0.1) is 23.3 Å². The summed E-state index contributed by atoms with van der Waals surface area (Å²) in [5.74, 6) is 0.258. The van der Waals surface area contributed by atoms with E-state index in [4.69, 9.17) is 13.7 Å². The van der Waals surface area contributed by atoms with Crippen LogP contribution in [0.15, 0.2) is 80.8 Å². The minimum Gasteiger partial charge on any atom is -0.468 e. The number of nitrogens with one attached hydrogen (secondary N) is 1. The first kappa shape index (κ1) is 21.5. The number of ether oxygens (including phenoxy) is 1. The highest BCUT2D eigenvalue weighted by Crippen LogP contribution is 2.18. The Labute approximate surface area is 184 Å². The number of carbonyl (C=O) groups is 1. The second-order valence-corrected chi connectivity index (χ2v) is 8.66. The summed E-state index contributed by atoms with van der Waals surface area (Å²) >= 11 is 0. The van der Waals surface area contributed by atoms with Crippen molar-refractivity contribution in [3.63, 3.8) is 0 Å². The Morgan fingerprint density at radius 2 is 1.91 bits per heavy atom. The number of hydrogen-bond acceptors (Lipinski definition) is 8. The fourth-order valence-electron chi connectivity index (χ4n) is 2.79. The topological polar surface area (TPSA) is 125 Å². The minimum atomic E-state index is -3.85. The molecule has 2 aromatic carbocycles. The standard InChI is InChI=1S/C22H19N3O6S/c1-15-7-9-16(10-8-15)21-24-20(25-31-21)14-30-22(26)17-4-2-6-19(12-17)32(27,28)23-13-18-5-3-11-29-18/h2-12,23H,13-14H2,1H3. The number of rotatable bonds is 8. The van der Waals surface area contributed by atoms with Gasteiger partial charge in [0.1, 0.15) is 5.76 Å². The molecule has 0 amide bonds. The lowest BCUT2D eigenvalue weighted by Gasteiger charge is -2.07. The molecular formula is C22H19N3O6S. The van der Waals surface area contributed by atoms with Gasteiger partial charge in [0.2, 0.25) is 15.8 Å². The van der Waals surface area contributed by atoms with Crippen molar-refractivity contribution in [1.82, 2.24) is 14.9 Å². The third-order valence-electron chi connectivity index (χ3n) is 4.50. The normalized spacial score (nSPS) is 11.4. The van der Waals surface area contributed by atoms with Gasteiger partial charge in [0.25, 0.3) is 5.89 Å². The minimum absolute atomic E-state index is 0.00878. The van der Waals surface area contributed by atoms with Gasteiger partial charge in [-0.05, 0) is 49.4 Å². The number of hydrogen-bond donors (Lipinski definition) is 1. The van der Waals surface area contributed by atoms with Crippen LogP contribution in [0.3, 0.4) is 0 Å². The maximum atomic E-state index is 12.5. The number of carbonyl (C=O) groups excluding carboxylic acids is 1. The number of aromatic nitrogens is 2. The molecule has 0 spiro atoms. The third kappa shape index (κ3) is 5.10. The highest BCUT2D eigenvalue weighted by molar-refractivity contribution is 7.89. The Hall–Kier alpha value is -3.76. The zero-order chi connectivity index (χ0) is 22.6. The Morgan fingerprint density at radius 1 is 1.09 bits per heavy atom. The largest absolute Gasteiger partial charge is 0.468 e. The number of benzene rings is 2. The molecule has 0 fully saturated rings. The second-order valence-electron chi connectivity index (χ2n) is 6.89. The molecule has 1 N–H and O–H groups in total. The molecule has 10 heteroatoms. The highest BCUT2D eigenvalue weighted by Gasteiger charge is 2.18. The van der Waals surface area contributed by atoms with Gasteiger partial charge in [0, 0.05) is 5.56 Å². The fourth-order valence-corrected chi connectivity index (χ4v) is 3.83. The molecule has 0 unspecified atom stereocenters. The average molecular weight is 453 g/mol. The smallest absolute Gasteiger partial charge is 0.338 e. The number of furan rings is 1. The monoisotopic (exact) mass is 453 g/mol. The lowest BCUT2D eigenvalue weighted by molar-refractivity contribution is 0.0459. The van der Waals surface area contributed by atoms with Crippen LogP contribution < -0.4 is 4.72 Å². The van der Waals surface area contributed by atoms with Crippen LogP contribution >= 0.6 is 0 Å². The van der Waals surface area contributed by atoms with E-state index in [-0.39, 0.29) is 29.4 Å². The van der Waals surface area contributed by atoms with Crippen LogP contribution in [0.4, 0.5) is 0 Å². The molecule has 2 heterocycles. The van der Waals surface area contributed by atoms with Gasteiger partial charge >= 0.3 is 5.97 Å². The molecule has 0 saturated heterocycles. The van der Waals surface area contributed by atoms with Crippen molar-refractivity contribution in [2.75, 3.05) is 0 Å². The summed E-state index contributed by atoms with van der Waals surface area (Å²) < 4.78 is 43.0. The molecule has 2 aromatic heterocycles. The van der Waals surface area contributed by atoms with Crippen LogP contribution in [0.25, 0.3) is 11.5 Å². The summed E-state index contributed by atoms with van der Waals surface area (Å²) in [6.07, 6.45) is 1.45. The molecular weight excluding hydrogens is 434 g/mol. The van der Waals surface area contributed by atoms with E-state index in [1.807, 2.05) is 31.2 Å². The van der Waals surface area contributed by atoms with Crippen LogP contribution in [-0.2, 0) is 27.9 Å². The van der Waals surface area contributed by atoms with Crippen molar-refractivity contribution in [2.24, 2.45) is 0 Å². The summed E-state index contributed by atoms with van der Waals surface area (Å²) in [4.78, 5) is 16.6. The van der Waals surface area contributed by atoms with Gasteiger partial charge in [-0.1, -0.05) is 28.9 Å². The van der Waals surface area contributed by atoms with Crippen LogP contribution in [0.2, 0.25) is 0 Å². The fraction of sp³-hybridized carbons (Fsp3) is 0.136. The van der Waals surface area contributed by atoms with Crippen molar-refractivity contribution < 1.29 is 26.9 Å². The molecule has 4 aromatic rings. The first-order valence-corrected chi connectivity index (χ1v) is 11.1. The van der Waals surface area contributed by atoms with E-state index in [0.29, 0.717) is 11.7 Å². The van der Waals surface area contributed by atoms with Crippen molar-refractivity contribution >= 4 is 16.0 Å². The summed E-state index contributed by atoms with van der Waals surface area (Å²) in [6.45, 7) is 1.74. The van der Waals surface area contributed by atoms with Gasteiger partial charge in [0.15, 0.2) is 6.61 Å². The Balaban J connectivity index is 1.39. The zero-order valence-corrected chi connectivity index (χ0v) is 17.8. The number of esters is 1. The molecule has 0 saturated carbocycles. The van der Waals surface area contributed by atoms with Crippen LogP contribution in [0.1, 0.15) is 27.5 Å². The molecule has 4 rings (SSSR count).